The summed E-state index contributed by atoms with van der Waals surface area (Å²) in [6.45, 7) is 11.8. The number of carbonyl (C=O) groups excluding carboxylic acids is 2. The Hall–Kier alpha value is -1.67. The molecule has 0 aliphatic carbocycles. The molecule has 178 valence electrons. The highest BCUT2D eigenvalue weighted by Crippen LogP contribution is 2.22. The van der Waals surface area contributed by atoms with Crippen molar-refractivity contribution in [1.29, 1.82) is 0 Å². The van der Waals surface area contributed by atoms with Gasteiger partial charge in [-0.05, 0) is 42.9 Å². The number of piperidine rings is 1. The van der Waals surface area contributed by atoms with Crippen molar-refractivity contribution in [3.63, 3.8) is 0 Å². The number of hydrogen-bond acceptors (Lipinski definition) is 5. The second kappa shape index (κ2) is 11.5. The van der Waals surface area contributed by atoms with E-state index in [0.29, 0.717) is 36.5 Å². The molecule has 8 heteroatoms. The average molecular weight is 464 g/mol. The summed E-state index contributed by atoms with van der Waals surface area (Å²) in [5.41, 5.74) is 7.27. The predicted octanol–water partition coefficient (Wildman–Crippen LogP) is 2.24. The fourth-order valence-corrected chi connectivity index (χ4v) is 4.84. The van der Waals surface area contributed by atoms with E-state index < -0.39 is 6.04 Å². The van der Waals surface area contributed by atoms with Gasteiger partial charge >= 0.3 is 0 Å². The smallest absolute Gasteiger partial charge is 0.239 e. The molecule has 2 heterocycles. The van der Waals surface area contributed by atoms with Crippen LogP contribution >= 0.6 is 11.6 Å². The van der Waals surface area contributed by atoms with Gasteiger partial charge in [0.05, 0.1) is 6.04 Å². The number of carbonyl (C=O) groups is 2. The standard InChI is InChI=1S/C24H38ClN5O2/c1-18(2)17-30(22-8-10-27(11-9-22)19(3)31)29-14-12-28(13-15-29)24(32)23(26)16-20-4-6-21(25)7-5-20/h4-7,18,22-23H,8-17,26H2,1-3H3/t23-/m1/s1. The zero-order chi connectivity index (χ0) is 23.3. The Morgan fingerprint density at radius 2 is 1.62 bits per heavy atom. The molecule has 0 unspecified atom stereocenters. The van der Waals surface area contributed by atoms with Gasteiger partial charge in [-0.1, -0.05) is 37.6 Å². The second-order valence-corrected chi connectivity index (χ2v) is 9.91. The number of rotatable bonds is 7. The first kappa shape index (κ1) is 25.0. The molecule has 1 aromatic carbocycles. The Kier molecular flexibility index (Phi) is 8.94. The van der Waals surface area contributed by atoms with Gasteiger partial charge in [0.1, 0.15) is 0 Å². The van der Waals surface area contributed by atoms with Crippen LogP contribution in [0.25, 0.3) is 0 Å². The molecule has 32 heavy (non-hydrogen) atoms. The van der Waals surface area contributed by atoms with E-state index in [9.17, 15) is 9.59 Å². The number of amides is 2. The van der Waals surface area contributed by atoms with Gasteiger partial charge in [-0.3, -0.25) is 9.59 Å². The van der Waals surface area contributed by atoms with Gasteiger partial charge in [0, 0.05) is 63.8 Å². The number of benzene rings is 1. The van der Waals surface area contributed by atoms with Crippen molar-refractivity contribution >= 4 is 23.4 Å². The Labute approximate surface area is 197 Å². The summed E-state index contributed by atoms with van der Waals surface area (Å²) in [6.07, 6.45) is 2.51. The summed E-state index contributed by atoms with van der Waals surface area (Å²) < 4.78 is 0. The van der Waals surface area contributed by atoms with Crippen LogP contribution in [0.3, 0.4) is 0 Å². The van der Waals surface area contributed by atoms with Gasteiger partial charge in [-0.2, -0.15) is 0 Å². The minimum atomic E-state index is -0.537. The quantitative estimate of drug-likeness (QED) is 0.671. The molecule has 2 aliphatic heterocycles. The van der Waals surface area contributed by atoms with E-state index >= 15 is 0 Å². The molecule has 1 aromatic rings. The zero-order valence-corrected chi connectivity index (χ0v) is 20.4. The SMILES string of the molecule is CC(=O)N1CCC(N(CC(C)C)N2CCN(C(=O)[C@H](N)Cc3ccc(Cl)cc3)CC2)CC1. The maximum Gasteiger partial charge on any atom is 0.239 e. The molecule has 2 aliphatic rings. The zero-order valence-electron chi connectivity index (χ0n) is 19.7. The third kappa shape index (κ3) is 6.67. The van der Waals surface area contributed by atoms with Crippen molar-refractivity contribution in [2.75, 3.05) is 45.8 Å². The monoisotopic (exact) mass is 463 g/mol. The second-order valence-electron chi connectivity index (χ2n) is 9.47. The fourth-order valence-electron chi connectivity index (χ4n) is 4.72. The van der Waals surface area contributed by atoms with E-state index in [-0.39, 0.29) is 11.8 Å². The molecule has 0 bridgehead atoms. The average Bonchev–Trinajstić information content (AvgIpc) is 2.78. The molecule has 0 radical (unpaired) electrons. The van der Waals surface area contributed by atoms with Crippen LogP contribution in [-0.4, -0.2) is 89.5 Å². The summed E-state index contributed by atoms with van der Waals surface area (Å²) >= 11 is 5.95. The molecule has 0 aromatic heterocycles. The van der Waals surface area contributed by atoms with Crippen molar-refractivity contribution in [3.05, 3.63) is 34.9 Å². The van der Waals surface area contributed by atoms with E-state index in [0.717, 1.165) is 51.1 Å². The number of halogens is 1. The molecular weight excluding hydrogens is 426 g/mol. The third-order valence-corrected chi connectivity index (χ3v) is 6.75. The number of hydrazine groups is 1. The molecule has 7 nitrogen and oxygen atoms in total. The van der Waals surface area contributed by atoms with Crippen LogP contribution in [0, 0.1) is 5.92 Å². The molecule has 1 atom stereocenters. The van der Waals surface area contributed by atoms with Crippen LogP contribution in [-0.2, 0) is 16.0 Å². The number of nitrogens with zero attached hydrogens (tertiary/aromatic N) is 4. The normalized spacial score (nSPS) is 19.6. The molecule has 2 fully saturated rings. The molecule has 2 amide bonds. The summed E-state index contributed by atoms with van der Waals surface area (Å²) in [4.78, 5) is 28.5. The lowest BCUT2D eigenvalue weighted by molar-refractivity contribution is -0.143. The minimum absolute atomic E-state index is 0.0183. The Morgan fingerprint density at radius 1 is 1.03 bits per heavy atom. The van der Waals surface area contributed by atoms with Crippen molar-refractivity contribution < 1.29 is 9.59 Å². The summed E-state index contributed by atoms with van der Waals surface area (Å²) in [5.74, 6) is 0.735. The summed E-state index contributed by atoms with van der Waals surface area (Å²) in [5, 5.41) is 5.61. The van der Waals surface area contributed by atoms with Gasteiger partial charge in [-0.25, -0.2) is 10.0 Å². The van der Waals surface area contributed by atoms with Crippen LogP contribution in [0.15, 0.2) is 24.3 Å². The minimum Gasteiger partial charge on any atom is -0.343 e. The molecule has 2 N–H and O–H groups in total. The lowest BCUT2D eigenvalue weighted by Crippen LogP contribution is -2.61. The van der Waals surface area contributed by atoms with Crippen LogP contribution in [0.5, 0.6) is 0 Å². The first-order valence-electron chi connectivity index (χ1n) is 11.8. The van der Waals surface area contributed by atoms with Gasteiger partial charge < -0.3 is 15.5 Å². The fraction of sp³-hybridized carbons (Fsp3) is 0.667. The number of hydrogen-bond donors (Lipinski definition) is 1. The van der Waals surface area contributed by atoms with E-state index in [2.05, 4.69) is 23.9 Å². The van der Waals surface area contributed by atoms with Crippen LogP contribution in [0.1, 0.15) is 39.2 Å². The van der Waals surface area contributed by atoms with Crippen LogP contribution in [0.2, 0.25) is 5.02 Å². The highest BCUT2D eigenvalue weighted by Gasteiger charge is 2.33. The van der Waals surface area contributed by atoms with Crippen molar-refractivity contribution in [2.45, 2.75) is 52.1 Å². The Balaban J connectivity index is 1.54. The van der Waals surface area contributed by atoms with Gasteiger partial charge in [0.25, 0.3) is 0 Å². The molecule has 0 spiro atoms. The van der Waals surface area contributed by atoms with Crippen molar-refractivity contribution in [1.82, 2.24) is 19.8 Å². The van der Waals surface area contributed by atoms with Gasteiger partial charge in [0.15, 0.2) is 0 Å². The molecule has 2 saturated heterocycles. The predicted molar refractivity (Wildman–Crippen MR) is 128 cm³/mol. The third-order valence-electron chi connectivity index (χ3n) is 6.50. The Bertz CT molecular complexity index is 756. The number of nitrogens with two attached hydrogens (primary N) is 1. The van der Waals surface area contributed by atoms with Gasteiger partial charge in [-0.15, -0.1) is 0 Å². The van der Waals surface area contributed by atoms with Gasteiger partial charge in [0.2, 0.25) is 11.8 Å². The number of piperazine rings is 1. The van der Waals surface area contributed by atoms with Crippen LogP contribution in [0.4, 0.5) is 0 Å². The maximum absolute atomic E-state index is 12.9. The Morgan fingerprint density at radius 3 is 2.16 bits per heavy atom. The molecule has 3 rings (SSSR count). The molecular formula is C24H38ClN5O2. The van der Waals surface area contributed by atoms with Crippen molar-refractivity contribution in [2.24, 2.45) is 11.7 Å². The first-order valence-corrected chi connectivity index (χ1v) is 12.2. The van der Waals surface area contributed by atoms with E-state index in [1.54, 1.807) is 6.92 Å². The lowest BCUT2D eigenvalue weighted by atomic mass is 10.0. The van der Waals surface area contributed by atoms with Crippen molar-refractivity contribution in [3.8, 4) is 0 Å². The summed E-state index contributed by atoms with van der Waals surface area (Å²) in [7, 11) is 0. The highest BCUT2D eigenvalue weighted by atomic mass is 35.5. The number of likely N-dealkylation sites (tertiary alicyclic amines) is 1. The lowest BCUT2D eigenvalue weighted by Gasteiger charge is -2.47. The van der Waals surface area contributed by atoms with Crippen LogP contribution < -0.4 is 5.73 Å². The van der Waals surface area contributed by atoms with E-state index in [4.69, 9.17) is 17.3 Å². The molecule has 0 saturated carbocycles. The topological polar surface area (TPSA) is 73.1 Å². The largest absolute Gasteiger partial charge is 0.343 e. The highest BCUT2D eigenvalue weighted by molar-refractivity contribution is 6.30. The summed E-state index contributed by atoms with van der Waals surface area (Å²) in [6, 6.07) is 7.42. The maximum atomic E-state index is 12.9. The van der Waals surface area contributed by atoms with E-state index in [1.807, 2.05) is 34.1 Å². The first-order chi connectivity index (χ1) is 15.2. The van der Waals surface area contributed by atoms with E-state index in [1.165, 1.54) is 0 Å².